The molecule has 0 aromatic heterocycles. The van der Waals surface area contributed by atoms with Crippen LogP contribution in [0.4, 0.5) is 5.69 Å². The van der Waals surface area contributed by atoms with Gasteiger partial charge in [-0.15, -0.1) is 0 Å². The summed E-state index contributed by atoms with van der Waals surface area (Å²) in [4.78, 5) is 4.79. The van der Waals surface area contributed by atoms with E-state index in [2.05, 4.69) is 55.8 Å². The summed E-state index contributed by atoms with van der Waals surface area (Å²) in [6, 6.07) is 6.63. The molecule has 1 aliphatic rings. The van der Waals surface area contributed by atoms with Crippen LogP contribution >= 0.6 is 0 Å². The zero-order chi connectivity index (χ0) is 14.0. The Morgan fingerprint density at radius 1 is 1.05 bits per heavy atom. The molecule has 0 N–H and O–H groups in total. The van der Waals surface area contributed by atoms with Gasteiger partial charge in [0.25, 0.3) is 0 Å². The summed E-state index contributed by atoms with van der Waals surface area (Å²) in [6.45, 7) is 11.1. The number of benzene rings is 1. The van der Waals surface area contributed by atoms with Crippen LogP contribution in [0.3, 0.4) is 0 Å². The average molecular weight is 262 g/mol. The first-order valence-corrected chi connectivity index (χ1v) is 7.04. The largest absolute Gasteiger partial charge is 0.495 e. The van der Waals surface area contributed by atoms with Gasteiger partial charge in [0.15, 0.2) is 0 Å². The molecule has 3 nitrogen and oxygen atoms in total. The maximum absolute atomic E-state index is 5.61. The van der Waals surface area contributed by atoms with Gasteiger partial charge in [-0.2, -0.15) is 0 Å². The van der Waals surface area contributed by atoms with Crippen LogP contribution in [0.25, 0.3) is 0 Å². The van der Waals surface area contributed by atoms with Gasteiger partial charge in [0.05, 0.1) is 12.8 Å². The Bertz CT molecular complexity index is 429. The highest BCUT2D eigenvalue weighted by Crippen LogP contribution is 2.34. The van der Waals surface area contributed by atoms with E-state index in [9.17, 15) is 0 Å². The monoisotopic (exact) mass is 262 g/mol. The summed E-state index contributed by atoms with van der Waals surface area (Å²) >= 11 is 0. The highest BCUT2D eigenvalue weighted by atomic mass is 16.5. The van der Waals surface area contributed by atoms with Crippen molar-refractivity contribution >= 4 is 5.69 Å². The Balaban J connectivity index is 2.26. The lowest BCUT2D eigenvalue weighted by Gasteiger charge is -2.35. The quantitative estimate of drug-likeness (QED) is 0.815. The van der Waals surface area contributed by atoms with Crippen molar-refractivity contribution in [3.63, 3.8) is 0 Å². The van der Waals surface area contributed by atoms with Crippen LogP contribution in [0.15, 0.2) is 18.2 Å². The molecule has 1 heterocycles. The molecule has 0 atom stereocenters. The lowest BCUT2D eigenvalue weighted by molar-refractivity contribution is 0.311. The number of ether oxygens (including phenoxy) is 1. The van der Waals surface area contributed by atoms with E-state index in [0.717, 1.165) is 31.9 Å². The molecule has 0 aliphatic carbocycles. The summed E-state index contributed by atoms with van der Waals surface area (Å²) in [5, 5.41) is 0. The molecule has 0 amide bonds. The SMILES string of the molecule is COc1cc(C(C)(C)C)ccc1N1CCN(C)CC1. The third-order valence-corrected chi connectivity index (χ3v) is 3.89. The number of piperazine rings is 1. The van der Waals surface area contributed by atoms with Crippen molar-refractivity contribution in [2.75, 3.05) is 45.2 Å². The molecule has 0 radical (unpaired) electrons. The summed E-state index contributed by atoms with van der Waals surface area (Å²) in [7, 11) is 3.94. The first-order valence-electron chi connectivity index (χ1n) is 7.04. The normalized spacial score (nSPS) is 17.6. The van der Waals surface area contributed by atoms with E-state index in [1.807, 2.05) is 0 Å². The second kappa shape index (κ2) is 5.41. The van der Waals surface area contributed by atoms with Crippen molar-refractivity contribution in [1.29, 1.82) is 0 Å². The number of likely N-dealkylation sites (N-methyl/N-ethyl adjacent to an activating group) is 1. The maximum atomic E-state index is 5.61. The van der Waals surface area contributed by atoms with Gasteiger partial charge >= 0.3 is 0 Å². The topological polar surface area (TPSA) is 15.7 Å². The molecule has 0 unspecified atom stereocenters. The van der Waals surface area contributed by atoms with Gasteiger partial charge in [0.1, 0.15) is 5.75 Å². The van der Waals surface area contributed by atoms with Gasteiger partial charge in [0.2, 0.25) is 0 Å². The number of anilines is 1. The van der Waals surface area contributed by atoms with E-state index < -0.39 is 0 Å². The number of methoxy groups -OCH3 is 1. The minimum Gasteiger partial charge on any atom is -0.495 e. The van der Waals surface area contributed by atoms with E-state index in [0.29, 0.717) is 0 Å². The summed E-state index contributed by atoms with van der Waals surface area (Å²) in [6.07, 6.45) is 0. The first-order chi connectivity index (χ1) is 8.91. The molecule has 1 aromatic carbocycles. The second-order valence-electron chi connectivity index (χ2n) is 6.43. The van der Waals surface area contributed by atoms with Crippen LogP contribution in [0.2, 0.25) is 0 Å². The fourth-order valence-electron chi connectivity index (χ4n) is 2.45. The molecule has 106 valence electrons. The van der Waals surface area contributed by atoms with Gasteiger partial charge in [-0.25, -0.2) is 0 Å². The second-order valence-corrected chi connectivity index (χ2v) is 6.43. The zero-order valence-electron chi connectivity index (χ0n) is 12.9. The smallest absolute Gasteiger partial charge is 0.142 e. The van der Waals surface area contributed by atoms with Crippen LogP contribution < -0.4 is 9.64 Å². The van der Waals surface area contributed by atoms with Crippen molar-refractivity contribution < 1.29 is 4.74 Å². The standard InChI is InChI=1S/C16H26N2O/c1-16(2,3)13-6-7-14(15(12-13)19-5)18-10-8-17(4)9-11-18/h6-7,12H,8-11H2,1-5H3. The Labute approximate surface area is 117 Å². The number of hydrogen-bond acceptors (Lipinski definition) is 3. The fraction of sp³-hybridized carbons (Fsp3) is 0.625. The molecule has 1 fully saturated rings. The molecule has 19 heavy (non-hydrogen) atoms. The molecule has 2 rings (SSSR count). The molecular weight excluding hydrogens is 236 g/mol. The van der Waals surface area contributed by atoms with Gasteiger partial charge in [-0.1, -0.05) is 26.8 Å². The lowest BCUT2D eigenvalue weighted by Crippen LogP contribution is -2.44. The molecule has 3 heteroatoms. The Hall–Kier alpha value is -1.22. The Morgan fingerprint density at radius 3 is 2.21 bits per heavy atom. The van der Waals surface area contributed by atoms with Gasteiger partial charge < -0.3 is 14.5 Å². The van der Waals surface area contributed by atoms with E-state index in [-0.39, 0.29) is 5.41 Å². The molecule has 0 saturated carbocycles. The number of rotatable bonds is 2. The minimum atomic E-state index is 0.161. The number of hydrogen-bond donors (Lipinski definition) is 0. The van der Waals surface area contributed by atoms with Crippen LogP contribution in [-0.2, 0) is 5.41 Å². The van der Waals surface area contributed by atoms with Gasteiger partial charge in [-0.3, -0.25) is 0 Å². The van der Waals surface area contributed by atoms with Crippen LogP contribution in [-0.4, -0.2) is 45.2 Å². The summed E-state index contributed by atoms with van der Waals surface area (Å²) in [5.74, 6) is 0.997. The molecule has 0 bridgehead atoms. The fourth-order valence-corrected chi connectivity index (χ4v) is 2.45. The van der Waals surface area contributed by atoms with Crippen molar-refractivity contribution in [2.45, 2.75) is 26.2 Å². The van der Waals surface area contributed by atoms with Crippen molar-refractivity contribution in [3.05, 3.63) is 23.8 Å². The maximum Gasteiger partial charge on any atom is 0.142 e. The molecular formula is C16H26N2O. The van der Waals surface area contributed by atoms with E-state index in [1.165, 1.54) is 11.3 Å². The Morgan fingerprint density at radius 2 is 1.68 bits per heavy atom. The van der Waals surface area contributed by atoms with Crippen LogP contribution in [0.5, 0.6) is 5.75 Å². The first kappa shape index (κ1) is 14.2. The average Bonchev–Trinajstić information content (AvgIpc) is 2.38. The predicted molar refractivity (Wildman–Crippen MR) is 81.4 cm³/mol. The van der Waals surface area contributed by atoms with Crippen molar-refractivity contribution in [1.82, 2.24) is 4.90 Å². The summed E-state index contributed by atoms with van der Waals surface area (Å²) < 4.78 is 5.61. The van der Waals surface area contributed by atoms with Gasteiger partial charge in [0, 0.05) is 26.2 Å². The Kier molecular flexibility index (Phi) is 4.04. The third kappa shape index (κ3) is 3.21. The van der Waals surface area contributed by atoms with Crippen LogP contribution in [0.1, 0.15) is 26.3 Å². The zero-order valence-corrected chi connectivity index (χ0v) is 12.9. The number of nitrogens with zero attached hydrogens (tertiary/aromatic N) is 2. The minimum absolute atomic E-state index is 0.161. The third-order valence-electron chi connectivity index (χ3n) is 3.89. The molecule has 0 spiro atoms. The highest BCUT2D eigenvalue weighted by molar-refractivity contribution is 5.60. The van der Waals surface area contributed by atoms with E-state index in [4.69, 9.17) is 4.74 Å². The molecule has 1 saturated heterocycles. The molecule has 1 aromatic rings. The van der Waals surface area contributed by atoms with Crippen molar-refractivity contribution in [2.24, 2.45) is 0 Å². The summed E-state index contributed by atoms with van der Waals surface area (Å²) in [5.41, 5.74) is 2.71. The lowest BCUT2D eigenvalue weighted by atomic mass is 9.87. The van der Waals surface area contributed by atoms with E-state index >= 15 is 0 Å². The van der Waals surface area contributed by atoms with Crippen LogP contribution in [0, 0.1) is 0 Å². The highest BCUT2D eigenvalue weighted by Gasteiger charge is 2.20. The van der Waals surface area contributed by atoms with Gasteiger partial charge in [-0.05, 0) is 30.2 Å². The van der Waals surface area contributed by atoms with Crippen molar-refractivity contribution in [3.8, 4) is 5.75 Å². The molecule has 1 aliphatic heterocycles. The predicted octanol–water partition coefficient (Wildman–Crippen LogP) is 2.74. The van der Waals surface area contributed by atoms with E-state index in [1.54, 1.807) is 7.11 Å².